The van der Waals surface area contributed by atoms with E-state index < -0.39 is 42.0 Å². The SMILES string of the molecule is O=P(=O)[C@@]12OOO[C@@]13O[C@]3(O)[C@]1(O)O[C@@]1(O)C21OO1. The Hall–Kier alpha value is -0.500. The van der Waals surface area contributed by atoms with E-state index in [1.54, 1.807) is 0 Å². The van der Waals surface area contributed by atoms with Crippen molar-refractivity contribution in [2.45, 2.75) is 34.3 Å². The van der Waals surface area contributed by atoms with E-state index in [1.165, 1.54) is 0 Å². The van der Waals surface area contributed by atoms with Gasteiger partial charge in [-0.25, -0.2) is 9.13 Å². The highest BCUT2D eigenvalue weighted by atomic mass is 31.1. The minimum absolute atomic E-state index is 2.51. The molecule has 12 nitrogen and oxygen atoms in total. The van der Waals surface area contributed by atoms with Gasteiger partial charge in [0.05, 0.1) is 0 Å². The van der Waals surface area contributed by atoms with Crippen molar-refractivity contribution in [3.8, 4) is 0 Å². The Balaban J connectivity index is 1.86. The summed E-state index contributed by atoms with van der Waals surface area (Å²) >= 11 is 0. The Labute approximate surface area is 101 Å². The van der Waals surface area contributed by atoms with Gasteiger partial charge in [0.15, 0.2) is 0 Å². The maximum Gasteiger partial charge on any atom is 0.364 e. The standard InChI is InChI=1S/C6H3O12P/c7-1-2(8)4(13-2)6(19(10)11,17-18-16-4)5(14-15-5)3(1,9)12-1/h7-9H/t1-,2+,3+,4+,6-/m0/s1. The van der Waals surface area contributed by atoms with Gasteiger partial charge in [-0.2, -0.15) is 19.6 Å². The van der Waals surface area contributed by atoms with Crippen LogP contribution in [0.1, 0.15) is 0 Å². The number of epoxide rings is 2. The molecular formula is C6H3O12P. The summed E-state index contributed by atoms with van der Waals surface area (Å²) in [4.78, 5) is 17.9. The molecule has 0 unspecified atom stereocenters. The van der Waals surface area contributed by atoms with Crippen LogP contribution in [0.25, 0.3) is 0 Å². The first-order valence-electron chi connectivity index (χ1n) is 4.89. The second-order valence-electron chi connectivity index (χ2n) is 4.67. The zero-order chi connectivity index (χ0) is 13.5. The van der Waals surface area contributed by atoms with E-state index in [9.17, 15) is 24.4 Å². The molecule has 5 fully saturated rings. The predicted octanol–water partition coefficient (Wildman–Crippen LogP) is -2.76. The molecule has 0 aromatic carbocycles. The van der Waals surface area contributed by atoms with Crippen molar-refractivity contribution in [3.63, 3.8) is 0 Å². The number of ether oxygens (including phenoxy) is 2. The number of hydrogen-bond donors (Lipinski definition) is 3. The smallest absolute Gasteiger partial charge is 0.357 e. The van der Waals surface area contributed by atoms with Crippen LogP contribution in [0.4, 0.5) is 0 Å². The van der Waals surface area contributed by atoms with Crippen molar-refractivity contribution in [2.24, 2.45) is 0 Å². The lowest BCUT2D eigenvalue weighted by Gasteiger charge is -2.30. The maximum atomic E-state index is 11.6. The summed E-state index contributed by atoms with van der Waals surface area (Å²) in [6.45, 7) is 0. The Morgan fingerprint density at radius 2 is 1.37 bits per heavy atom. The third-order valence-corrected chi connectivity index (χ3v) is 5.20. The number of hydrogen-bond acceptors (Lipinski definition) is 12. The minimum Gasteiger partial charge on any atom is -0.357 e. The van der Waals surface area contributed by atoms with Gasteiger partial charge in [-0.05, 0) is 0 Å². The van der Waals surface area contributed by atoms with E-state index in [0.29, 0.717) is 0 Å². The molecule has 4 heterocycles. The van der Waals surface area contributed by atoms with Gasteiger partial charge in [0.2, 0.25) is 0 Å². The first-order valence-corrected chi connectivity index (χ1v) is 6.07. The highest BCUT2D eigenvalue weighted by molar-refractivity contribution is 7.33. The van der Waals surface area contributed by atoms with Gasteiger partial charge < -0.3 is 15.3 Å². The van der Waals surface area contributed by atoms with Crippen LogP contribution in [0.3, 0.4) is 0 Å². The van der Waals surface area contributed by atoms with E-state index in [2.05, 4.69) is 29.3 Å². The molecule has 0 amide bonds. The molecule has 2 spiro atoms. The van der Waals surface area contributed by atoms with Gasteiger partial charge in [-0.1, -0.05) is 5.04 Å². The molecule has 0 bridgehead atoms. The van der Waals surface area contributed by atoms with E-state index in [4.69, 9.17) is 4.74 Å². The van der Waals surface area contributed by atoms with Crippen LogP contribution in [0.5, 0.6) is 0 Å². The van der Waals surface area contributed by atoms with Crippen LogP contribution in [0.2, 0.25) is 0 Å². The Kier molecular flexibility index (Phi) is 1.36. The molecular weight excluding hydrogens is 295 g/mol. The largest absolute Gasteiger partial charge is 0.364 e. The minimum atomic E-state index is -3.66. The third kappa shape index (κ3) is 0.649. The average molecular weight is 298 g/mol. The lowest BCUT2D eigenvalue weighted by molar-refractivity contribution is -0.478. The van der Waals surface area contributed by atoms with Gasteiger partial charge in [0, 0.05) is 0 Å². The van der Waals surface area contributed by atoms with Gasteiger partial charge in [-0.3, -0.25) is 9.47 Å². The van der Waals surface area contributed by atoms with Crippen LogP contribution in [-0.4, -0.2) is 49.6 Å². The molecule has 1 aliphatic carbocycles. The second-order valence-corrected chi connectivity index (χ2v) is 5.82. The molecule has 13 heteroatoms. The molecule has 104 valence electrons. The zero-order valence-electron chi connectivity index (χ0n) is 8.46. The summed E-state index contributed by atoms with van der Waals surface area (Å²) < 4.78 is 32.4. The quantitative estimate of drug-likeness (QED) is 0.259. The van der Waals surface area contributed by atoms with Crippen LogP contribution in [-0.2, 0) is 43.2 Å². The fourth-order valence-corrected chi connectivity index (χ4v) is 3.92. The molecule has 5 aliphatic rings. The molecule has 0 aromatic rings. The normalized spacial score (nSPS) is 66.1. The third-order valence-electron chi connectivity index (χ3n) is 4.02. The van der Waals surface area contributed by atoms with Crippen LogP contribution < -0.4 is 0 Å². The van der Waals surface area contributed by atoms with Crippen molar-refractivity contribution in [1.29, 1.82) is 0 Å². The zero-order valence-corrected chi connectivity index (χ0v) is 9.36. The number of rotatable bonds is 1. The van der Waals surface area contributed by atoms with Crippen molar-refractivity contribution in [2.75, 3.05) is 0 Å². The Morgan fingerprint density at radius 3 is 1.95 bits per heavy atom. The summed E-state index contributed by atoms with van der Waals surface area (Å²) in [5, 5.41) is 31.6. The van der Waals surface area contributed by atoms with Crippen LogP contribution in [0, 0.1) is 0 Å². The molecule has 4 aliphatic heterocycles. The molecule has 19 heavy (non-hydrogen) atoms. The summed E-state index contributed by atoms with van der Waals surface area (Å²) in [6, 6.07) is 0. The van der Waals surface area contributed by atoms with E-state index in [1.807, 2.05) is 0 Å². The van der Waals surface area contributed by atoms with Crippen LogP contribution in [0.15, 0.2) is 0 Å². The second kappa shape index (κ2) is 2.30. The Bertz CT molecular complexity index is 589. The molecule has 0 radical (unpaired) electrons. The number of aliphatic hydroxyl groups is 3. The highest BCUT2D eigenvalue weighted by Gasteiger charge is 3.18. The highest BCUT2D eigenvalue weighted by Crippen LogP contribution is 2.85. The summed E-state index contributed by atoms with van der Waals surface area (Å²) in [7, 11) is -3.66. The van der Waals surface area contributed by atoms with Crippen molar-refractivity contribution >= 4 is 7.68 Å². The Morgan fingerprint density at radius 1 is 0.737 bits per heavy atom. The van der Waals surface area contributed by atoms with Crippen molar-refractivity contribution < 1.29 is 58.5 Å². The lowest BCUT2D eigenvalue weighted by Crippen LogP contribution is -2.69. The van der Waals surface area contributed by atoms with Crippen LogP contribution >= 0.6 is 7.68 Å². The van der Waals surface area contributed by atoms with Crippen molar-refractivity contribution in [1.82, 2.24) is 0 Å². The summed E-state index contributed by atoms with van der Waals surface area (Å²) in [5.41, 5.74) is 0. The van der Waals surface area contributed by atoms with E-state index in [0.717, 1.165) is 0 Å². The molecule has 4 saturated heterocycles. The molecule has 3 N–H and O–H groups in total. The number of fused-ring (bicyclic) bond motifs is 4. The lowest BCUT2D eigenvalue weighted by atomic mass is 9.82. The molecule has 5 rings (SSSR count). The first-order chi connectivity index (χ1) is 8.77. The topological polar surface area (TPSA) is 173 Å². The fourth-order valence-electron chi connectivity index (χ4n) is 2.89. The average Bonchev–Trinajstić information content (AvgIpc) is 3.23. The predicted molar refractivity (Wildman–Crippen MR) is 38.9 cm³/mol. The summed E-state index contributed by atoms with van der Waals surface area (Å²) in [5.74, 6) is -13.2. The van der Waals surface area contributed by atoms with Crippen molar-refractivity contribution in [3.05, 3.63) is 0 Å². The molecule has 0 aromatic heterocycles. The first kappa shape index (κ1) is 11.2. The van der Waals surface area contributed by atoms with E-state index >= 15 is 0 Å². The van der Waals surface area contributed by atoms with Gasteiger partial charge in [0.25, 0.3) is 17.4 Å². The molecule has 5 atom stereocenters. The monoisotopic (exact) mass is 298 g/mol. The van der Waals surface area contributed by atoms with E-state index in [-0.39, 0.29) is 0 Å². The van der Waals surface area contributed by atoms with Gasteiger partial charge in [0.1, 0.15) is 0 Å². The summed E-state index contributed by atoms with van der Waals surface area (Å²) in [6.07, 6.45) is 0. The van der Waals surface area contributed by atoms with Gasteiger partial charge in [-0.15, -0.1) is 0 Å². The fraction of sp³-hybridized carbons (Fsp3) is 1.00. The van der Waals surface area contributed by atoms with Gasteiger partial charge >= 0.3 is 24.6 Å². The molecule has 1 saturated carbocycles. The maximum absolute atomic E-state index is 11.6.